The van der Waals surface area contributed by atoms with Gasteiger partial charge in [-0.15, -0.1) is 0 Å². The summed E-state index contributed by atoms with van der Waals surface area (Å²) in [5.74, 6) is 2.72. The quantitative estimate of drug-likeness (QED) is 0.780. The molecule has 2 aromatic heterocycles. The highest BCUT2D eigenvalue weighted by Gasteiger charge is 2.29. The fraction of sp³-hybridized carbons (Fsp3) is 0.500. The number of aromatic amines is 1. The summed E-state index contributed by atoms with van der Waals surface area (Å²) in [4.78, 5) is 11.4. The van der Waals surface area contributed by atoms with Gasteiger partial charge in [0.1, 0.15) is 0 Å². The van der Waals surface area contributed by atoms with Gasteiger partial charge in [0.15, 0.2) is 5.82 Å². The molecule has 0 amide bonds. The maximum atomic E-state index is 5.28. The largest absolute Gasteiger partial charge is 0.342 e. The highest BCUT2D eigenvalue weighted by molar-refractivity contribution is 5.40. The van der Waals surface area contributed by atoms with E-state index in [1.54, 1.807) is 12.4 Å². The van der Waals surface area contributed by atoms with Crippen molar-refractivity contribution in [3.8, 4) is 11.6 Å². The van der Waals surface area contributed by atoms with Crippen LogP contribution in [0.2, 0.25) is 0 Å². The summed E-state index contributed by atoms with van der Waals surface area (Å²) in [6.07, 6.45) is 3.41. The zero-order valence-electron chi connectivity index (χ0n) is 8.97. The van der Waals surface area contributed by atoms with Crippen LogP contribution in [0, 0.1) is 5.92 Å². The van der Waals surface area contributed by atoms with Gasteiger partial charge in [-0.1, -0.05) is 12.1 Å². The van der Waals surface area contributed by atoms with Crippen LogP contribution >= 0.6 is 0 Å². The monoisotopic (exact) mass is 219 g/mol. The first kappa shape index (κ1) is 9.53. The van der Waals surface area contributed by atoms with Gasteiger partial charge in [0.05, 0.1) is 5.92 Å². The molecule has 0 spiro atoms. The van der Waals surface area contributed by atoms with E-state index < -0.39 is 0 Å². The maximum Gasteiger partial charge on any atom is 0.238 e. The third-order valence-corrected chi connectivity index (χ3v) is 2.99. The van der Waals surface area contributed by atoms with Crippen LogP contribution in [0.3, 0.4) is 0 Å². The summed E-state index contributed by atoms with van der Waals surface area (Å²) >= 11 is 0. The summed E-state index contributed by atoms with van der Waals surface area (Å²) in [7, 11) is 0. The second kappa shape index (κ2) is 3.71. The minimum absolute atomic E-state index is 0.316. The van der Waals surface area contributed by atoms with Crippen LogP contribution in [0.1, 0.15) is 18.7 Å². The van der Waals surface area contributed by atoms with Crippen molar-refractivity contribution in [3.05, 3.63) is 18.3 Å². The summed E-state index contributed by atoms with van der Waals surface area (Å²) in [6.45, 7) is 4.09. The highest BCUT2D eigenvalue weighted by Crippen LogP contribution is 2.27. The third kappa shape index (κ3) is 1.51. The van der Waals surface area contributed by atoms with Crippen LogP contribution < -0.4 is 5.32 Å². The molecule has 1 fully saturated rings. The third-order valence-electron chi connectivity index (χ3n) is 2.99. The fourth-order valence-corrected chi connectivity index (χ4v) is 2.01. The molecule has 0 bridgehead atoms. The van der Waals surface area contributed by atoms with Gasteiger partial charge < -0.3 is 14.8 Å². The maximum absolute atomic E-state index is 5.28. The Morgan fingerprint density at radius 1 is 1.44 bits per heavy atom. The molecule has 0 radical (unpaired) electrons. The molecule has 2 unspecified atom stereocenters. The molecule has 1 aliphatic rings. The van der Waals surface area contributed by atoms with E-state index in [-0.39, 0.29) is 0 Å². The number of nitrogens with one attached hydrogen (secondary N) is 2. The SMILES string of the molecule is CC1CNCC1c1nc(-c2ncc[nH]2)no1. The second-order valence-corrected chi connectivity index (χ2v) is 4.14. The van der Waals surface area contributed by atoms with Gasteiger partial charge in [-0.2, -0.15) is 4.98 Å². The molecule has 3 heterocycles. The molecule has 0 aromatic carbocycles. The van der Waals surface area contributed by atoms with Crippen molar-refractivity contribution in [3.63, 3.8) is 0 Å². The Bertz CT molecular complexity index is 463. The number of H-pyrrole nitrogens is 1. The van der Waals surface area contributed by atoms with Crippen molar-refractivity contribution in [1.29, 1.82) is 0 Å². The molecule has 6 nitrogen and oxygen atoms in total. The van der Waals surface area contributed by atoms with E-state index in [2.05, 4.69) is 32.3 Å². The smallest absolute Gasteiger partial charge is 0.238 e. The van der Waals surface area contributed by atoms with Crippen molar-refractivity contribution in [2.24, 2.45) is 5.92 Å². The molecule has 16 heavy (non-hydrogen) atoms. The summed E-state index contributed by atoms with van der Waals surface area (Å²) in [6, 6.07) is 0. The molecule has 1 aliphatic heterocycles. The van der Waals surface area contributed by atoms with E-state index in [1.165, 1.54) is 0 Å². The Morgan fingerprint density at radius 2 is 2.38 bits per heavy atom. The van der Waals surface area contributed by atoms with Crippen molar-refractivity contribution < 1.29 is 4.52 Å². The van der Waals surface area contributed by atoms with E-state index >= 15 is 0 Å². The molecular formula is C10H13N5O. The zero-order valence-corrected chi connectivity index (χ0v) is 8.97. The summed E-state index contributed by atoms with van der Waals surface area (Å²) in [5, 5.41) is 7.24. The van der Waals surface area contributed by atoms with Crippen LogP contribution in [0.25, 0.3) is 11.6 Å². The highest BCUT2D eigenvalue weighted by atomic mass is 16.5. The van der Waals surface area contributed by atoms with Crippen LogP contribution in [-0.2, 0) is 0 Å². The molecule has 84 valence electrons. The van der Waals surface area contributed by atoms with Crippen LogP contribution in [0.15, 0.2) is 16.9 Å². The molecular weight excluding hydrogens is 206 g/mol. The Morgan fingerprint density at radius 3 is 3.06 bits per heavy atom. The van der Waals surface area contributed by atoms with Gasteiger partial charge in [-0.25, -0.2) is 4.98 Å². The van der Waals surface area contributed by atoms with E-state index in [1.807, 2.05) is 0 Å². The Hall–Kier alpha value is -1.69. The lowest BCUT2D eigenvalue weighted by molar-refractivity contribution is 0.340. The topological polar surface area (TPSA) is 79.6 Å². The van der Waals surface area contributed by atoms with Gasteiger partial charge in [-0.3, -0.25) is 0 Å². The first-order valence-electron chi connectivity index (χ1n) is 5.38. The lowest BCUT2D eigenvalue weighted by Crippen LogP contribution is -2.08. The van der Waals surface area contributed by atoms with Crippen molar-refractivity contribution >= 4 is 0 Å². The van der Waals surface area contributed by atoms with Crippen molar-refractivity contribution in [1.82, 2.24) is 25.4 Å². The minimum Gasteiger partial charge on any atom is -0.342 e. The van der Waals surface area contributed by atoms with Gasteiger partial charge >= 0.3 is 0 Å². The van der Waals surface area contributed by atoms with Crippen LogP contribution in [-0.4, -0.2) is 33.2 Å². The minimum atomic E-state index is 0.316. The Kier molecular flexibility index (Phi) is 2.21. The standard InChI is InChI=1S/C10H13N5O/c1-6-4-11-5-7(6)10-14-9(15-16-10)8-12-2-3-13-8/h2-3,6-7,11H,4-5H2,1H3,(H,12,13). The summed E-state index contributed by atoms with van der Waals surface area (Å²) in [5.41, 5.74) is 0. The number of hydrogen-bond acceptors (Lipinski definition) is 5. The first-order chi connectivity index (χ1) is 7.84. The molecule has 0 saturated carbocycles. The van der Waals surface area contributed by atoms with Gasteiger partial charge in [0.25, 0.3) is 0 Å². The van der Waals surface area contributed by atoms with Crippen molar-refractivity contribution in [2.75, 3.05) is 13.1 Å². The predicted octanol–water partition coefficient (Wildman–Crippen LogP) is 0.783. The summed E-state index contributed by atoms with van der Waals surface area (Å²) < 4.78 is 5.28. The first-order valence-corrected chi connectivity index (χ1v) is 5.38. The van der Waals surface area contributed by atoms with E-state index in [0.29, 0.717) is 29.4 Å². The molecule has 6 heteroatoms. The van der Waals surface area contributed by atoms with E-state index in [0.717, 1.165) is 13.1 Å². The number of nitrogens with zero attached hydrogens (tertiary/aromatic N) is 3. The molecule has 2 N–H and O–H groups in total. The van der Waals surface area contributed by atoms with E-state index in [9.17, 15) is 0 Å². The lowest BCUT2D eigenvalue weighted by atomic mass is 9.98. The van der Waals surface area contributed by atoms with Crippen LogP contribution in [0.4, 0.5) is 0 Å². The van der Waals surface area contributed by atoms with E-state index in [4.69, 9.17) is 4.52 Å². The predicted molar refractivity (Wildman–Crippen MR) is 56.7 cm³/mol. The molecule has 1 saturated heterocycles. The number of rotatable bonds is 2. The Labute approximate surface area is 92.5 Å². The average molecular weight is 219 g/mol. The molecule has 3 rings (SSSR count). The number of imidazole rings is 1. The number of hydrogen-bond donors (Lipinski definition) is 2. The normalized spacial score (nSPS) is 25.1. The van der Waals surface area contributed by atoms with Crippen molar-refractivity contribution in [2.45, 2.75) is 12.8 Å². The number of aromatic nitrogens is 4. The van der Waals surface area contributed by atoms with Gasteiger partial charge in [0, 0.05) is 18.9 Å². The van der Waals surface area contributed by atoms with Gasteiger partial charge in [-0.05, 0) is 12.5 Å². The zero-order chi connectivity index (χ0) is 11.0. The average Bonchev–Trinajstić information content (AvgIpc) is 2.96. The Balaban J connectivity index is 1.88. The molecule has 2 aromatic rings. The second-order valence-electron chi connectivity index (χ2n) is 4.14. The fourth-order valence-electron chi connectivity index (χ4n) is 2.01. The van der Waals surface area contributed by atoms with Gasteiger partial charge in [0.2, 0.25) is 11.7 Å². The molecule has 0 aliphatic carbocycles. The van der Waals surface area contributed by atoms with Crippen LogP contribution in [0.5, 0.6) is 0 Å². The molecule has 2 atom stereocenters. The lowest BCUT2D eigenvalue weighted by Gasteiger charge is -2.06.